The maximum absolute atomic E-state index is 11.8. The summed E-state index contributed by atoms with van der Waals surface area (Å²) >= 11 is 0. The van der Waals surface area contributed by atoms with E-state index in [1.165, 1.54) is 38.5 Å². The van der Waals surface area contributed by atoms with Crippen molar-refractivity contribution in [2.24, 2.45) is 0 Å². The third-order valence-corrected chi connectivity index (χ3v) is 5.41. The molecule has 0 amide bonds. The molecule has 0 spiro atoms. The van der Waals surface area contributed by atoms with Crippen LogP contribution >= 0.6 is 0 Å². The Hall–Kier alpha value is -1.60. The molecular formula is C22H38O7. The van der Waals surface area contributed by atoms with Crippen LogP contribution in [-0.2, 0) is 14.3 Å². The van der Waals surface area contributed by atoms with E-state index in [2.05, 4.69) is 0 Å². The summed E-state index contributed by atoms with van der Waals surface area (Å²) in [7, 11) is 0. The minimum atomic E-state index is -1.28. The summed E-state index contributed by atoms with van der Waals surface area (Å²) in [5, 5.41) is 37.0. The topological polar surface area (TPSA) is 124 Å². The lowest BCUT2D eigenvalue weighted by molar-refractivity contribution is -0.146. The zero-order valence-electron chi connectivity index (χ0n) is 17.5. The van der Waals surface area contributed by atoms with Crippen LogP contribution in [0.3, 0.4) is 0 Å². The van der Waals surface area contributed by atoms with E-state index in [1.807, 2.05) is 0 Å². The Bertz CT molecular complexity index is 515. The van der Waals surface area contributed by atoms with Gasteiger partial charge in [-0.1, -0.05) is 70.6 Å². The summed E-state index contributed by atoms with van der Waals surface area (Å²) in [6, 6.07) is 0. The van der Waals surface area contributed by atoms with E-state index in [-0.39, 0.29) is 17.8 Å². The average molecular weight is 415 g/mol. The van der Waals surface area contributed by atoms with Gasteiger partial charge in [-0.15, -0.1) is 0 Å². The molecule has 0 aromatic rings. The van der Waals surface area contributed by atoms with Crippen molar-refractivity contribution in [2.45, 2.75) is 109 Å². The van der Waals surface area contributed by atoms with Crippen molar-refractivity contribution >= 4 is 11.9 Å². The van der Waals surface area contributed by atoms with Gasteiger partial charge < -0.3 is 25.2 Å². The van der Waals surface area contributed by atoms with Gasteiger partial charge in [0.15, 0.2) is 6.10 Å². The Morgan fingerprint density at radius 2 is 1.31 bits per heavy atom. The summed E-state index contributed by atoms with van der Waals surface area (Å²) in [6.45, 7) is -0.567. The molecule has 1 aliphatic heterocycles. The molecule has 7 nitrogen and oxygen atoms in total. The molecule has 1 heterocycles. The van der Waals surface area contributed by atoms with E-state index in [1.54, 1.807) is 0 Å². The normalized spacial score (nSPS) is 17.6. The minimum absolute atomic E-state index is 0.227. The standard InChI is InChI=1S/C22H38O7/c23-16-18(24)21-20(27)17(22(28)29-21)14-12-10-8-6-4-2-1-3-5-7-9-11-13-15-19(25)26/h18,21,23-24,27H,1-16H2,(H,25,26)/t18-,21+/m0/s1. The van der Waals surface area contributed by atoms with Gasteiger partial charge in [0.25, 0.3) is 0 Å². The molecule has 1 rings (SSSR count). The summed E-state index contributed by atoms with van der Waals surface area (Å²) in [5.41, 5.74) is 0.227. The SMILES string of the molecule is O=C(O)CCCCCCCCCCCCCCCC1=C(O)[C@@H]([C@@H](O)CO)OC1=O. The predicted octanol–water partition coefficient (Wildman–Crippen LogP) is 4.01. The van der Waals surface area contributed by atoms with Crippen molar-refractivity contribution in [3.05, 3.63) is 11.3 Å². The Morgan fingerprint density at radius 1 is 0.862 bits per heavy atom. The second-order valence-corrected chi connectivity index (χ2v) is 7.93. The first-order valence-corrected chi connectivity index (χ1v) is 11.1. The quantitative estimate of drug-likeness (QED) is 0.197. The zero-order valence-corrected chi connectivity index (χ0v) is 17.5. The highest BCUT2D eigenvalue weighted by atomic mass is 16.6. The molecule has 0 aliphatic carbocycles. The number of cyclic esters (lactones) is 1. The zero-order chi connectivity index (χ0) is 21.5. The van der Waals surface area contributed by atoms with E-state index >= 15 is 0 Å². The molecule has 0 fully saturated rings. The number of ether oxygens (including phenoxy) is 1. The highest BCUT2D eigenvalue weighted by Gasteiger charge is 2.37. The van der Waals surface area contributed by atoms with Crippen LogP contribution in [0.15, 0.2) is 11.3 Å². The second kappa shape index (κ2) is 15.3. The third kappa shape index (κ3) is 10.7. The van der Waals surface area contributed by atoms with Crippen LogP contribution in [0.25, 0.3) is 0 Å². The number of esters is 1. The highest BCUT2D eigenvalue weighted by molar-refractivity contribution is 5.91. The molecule has 7 heteroatoms. The highest BCUT2D eigenvalue weighted by Crippen LogP contribution is 2.27. The molecule has 0 bridgehead atoms. The lowest BCUT2D eigenvalue weighted by atomic mass is 10.0. The molecular weight excluding hydrogens is 376 g/mol. The van der Waals surface area contributed by atoms with Gasteiger partial charge in [0.2, 0.25) is 0 Å². The van der Waals surface area contributed by atoms with Crippen molar-refractivity contribution < 1.29 is 34.8 Å². The summed E-state index contributed by atoms with van der Waals surface area (Å²) in [5.74, 6) is -1.53. The first-order valence-electron chi connectivity index (χ1n) is 11.1. The Morgan fingerprint density at radius 3 is 1.76 bits per heavy atom. The Balaban J connectivity index is 1.93. The summed E-state index contributed by atoms with van der Waals surface area (Å²) in [6.07, 6.45) is 12.6. The fourth-order valence-corrected chi connectivity index (χ4v) is 3.63. The first kappa shape index (κ1) is 25.4. The van der Waals surface area contributed by atoms with Crippen LogP contribution < -0.4 is 0 Å². The van der Waals surface area contributed by atoms with E-state index in [4.69, 9.17) is 14.9 Å². The number of carboxylic acid groups (broad SMARTS) is 1. The monoisotopic (exact) mass is 414 g/mol. The lowest BCUT2D eigenvalue weighted by Crippen LogP contribution is -2.31. The maximum atomic E-state index is 11.8. The smallest absolute Gasteiger partial charge is 0.338 e. The van der Waals surface area contributed by atoms with Gasteiger partial charge in [-0.3, -0.25) is 4.79 Å². The van der Waals surface area contributed by atoms with E-state index in [9.17, 15) is 19.8 Å². The van der Waals surface area contributed by atoms with Gasteiger partial charge in [-0.25, -0.2) is 4.79 Å². The van der Waals surface area contributed by atoms with Gasteiger partial charge in [-0.05, 0) is 19.3 Å². The van der Waals surface area contributed by atoms with Crippen LogP contribution in [0, 0.1) is 0 Å². The number of unbranched alkanes of at least 4 members (excludes halogenated alkanes) is 12. The van der Waals surface area contributed by atoms with Gasteiger partial charge in [0.1, 0.15) is 11.9 Å². The van der Waals surface area contributed by atoms with E-state index in [0.717, 1.165) is 44.9 Å². The van der Waals surface area contributed by atoms with Crippen LogP contribution in [0.2, 0.25) is 0 Å². The molecule has 29 heavy (non-hydrogen) atoms. The molecule has 2 atom stereocenters. The number of carboxylic acids is 1. The number of hydrogen-bond donors (Lipinski definition) is 4. The average Bonchev–Trinajstić information content (AvgIpc) is 2.98. The number of aliphatic hydroxyl groups is 3. The molecule has 0 unspecified atom stereocenters. The Labute approximate surface area is 173 Å². The van der Waals surface area contributed by atoms with Gasteiger partial charge in [-0.2, -0.15) is 0 Å². The number of carbonyl (C=O) groups is 2. The van der Waals surface area contributed by atoms with E-state index < -0.39 is 30.8 Å². The van der Waals surface area contributed by atoms with Crippen molar-refractivity contribution in [1.29, 1.82) is 0 Å². The van der Waals surface area contributed by atoms with Gasteiger partial charge >= 0.3 is 11.9 Å². The Kier molecular flexibility index (Phi) is 13.4. The van der Waals surface area contributed by atoms with Crippen molar-refractivity contribution in [1.82, 2.24) is 0 Å². The molecule has 0 aromatic heterocycles. The lowest BCUT2D eigenvalue weighted by Gasteiger charge is -2.14. The molecule has 1 aliphatic rings. The number of carbonyl (C=O) groups excluding carboxylic acids is 1. The molecule has 4 N–H and O–H groups in total. The summed E-state index contributed by atoms with van der Waals surface area (Å²) < 4.78 is 4.92. The van der Waals surface area contributed by atoms with Crippen molar-refractivity contribution in [3.63, 3.8) is 0 Å². The van der Waals surface area contributed by atoms with Crippen LogP contribution in [-0.4, -0.2) is 51.2 Å². The van der Waals surface area contributed by atoms with Gasteiger partial charge in [0.05, 0.1) is 12.2 Å². The molecule has 168 valence electrons. The predicted molar refractivity (Wildman–Crippen MR) is 110 cm³/mol. The third-order valence-electron chi connectivity index (χ3n) is 5.41. The number of aliphatic hydroxyl groups excluding tert-OH is 3. The van der Waals surface area contributed by atoms with E-state index in [0.29, 0.717) is 6.42 Å². The van der Waals surface area contributed by atoms with Crippen molar-refractivity contribution in [2.75, 3.05) is 6.61 Å². The maximum Gasteiger partial charge on any atom is 0.338 e. The fourth-order valence-electron chi connectivity index (χ4n) is 3.63. The molecule has 0 aromatic carbocycles. The first-order chi connectivity index (χ1) is 14.0. The molecule has 0 saturated heterocycles. The molecule has 0 radical (unpaired) electrons. The second-order valence-electron chi connectivity index (χ2n) is 7.93. The van der Waals surface area contributed by atoms with Crippen molar-refractivity contribution in [3.8, 4) is 0 Å². The van der Waals surface area contributed by atoms with Gasteiger partial charge in [0, 0.05) is 6.42 Å². The summed E-state index contributed by atoms with van der Waals surface area (Å²) in [4.78, 5) is 22.2. The largest absolute Gasteiger partial charge is 0.508 e. The fraction of sp³-hybridized carbons (Fsp3) is 0.818. The van der Waals surface area contributed by atoms with Crippen LogP contribution in [0.4, 0.5) is 0 Å². The number of rotatable bonds is 18. The van der Waals surface area contributed by atoms with Crippen LogP contribution in [0.1, 0.15) is 96.3 Å². The molecule has 0 saturated carbocycles. The number of hydrogen-bond acceptors (Lipinski definition) is 6. The van der Waals surface area contributed by atoms with Crippen LogP contribution in [0.5, 0.6) is 0 Å². The number of aliphatic carboxylic acids is 1. The minimum Gasteiger partial charge on any atom is -0.508 e.